The predicted molar refractivity (Wildman–Crippen MR) is 80.3 cm³/mol. The van der Waals surface area contributed by atoms with Crippen LogP contribution in [0, 0.1) is 42.4 Å². The Morgan fingerprint density at radius 2 is 1.73 bits per heavy atom. The molecule has 3 fully saturated rings. The zero-order valence-corrected chi connectivity index (χ0v) is 12.4. The average molecular weight is 294 g/mol. The highest BCUT2D eigenvalue weighted by atomic mass is 16.5. The highest BCUT2D eigenvalue weighted by molar-refractivity contribution is 5.99. The van der Waals surface area contributed by atoms with E-state index in [0.29, 0.717) is 11.6 Å². The summed E-state index contributed by atoms with van der Waals surface area (Å²) < 4.78 is 6.21. The van der Waals surface area contributed by atoms with Crippen LogP contribution in [0.4, 0.5) is 0 Å². The molecule has 5 rings (SSSR count). The zero-order valence-electron chi connectivity index (χ0n) is 12.4. The van der Waals surface area contributed by atoms with Crippen LogP contribution in [0.3, 0.4) is 0 Å². The first-order valence-corrected chi connectivity index (χ1v) is 8.15. The quantitative estimate of drug-likeness (QED) is 0.622. The van der Waals surface area contributed by atoms with E-state index >= 15 is 0 Å². The summed E-state index contributed by atoms with van der Waals surface area (Å²) in [6, 6.07) is 7.94. The van der Waals surface area contributed by atoms with Gasteiger partial charge in [-0.2, -0.15) is 0 Å². The molecule has 7 atom stereocenters. The van der Waals surface area contributed by atoms with E-state index in [9.17, 15) is 9.59 Å². The number of hydrogen-bond donors (Lipinski definition) is 0. The Bertz CT molecular complexity index is 719. The molecule has 1 aromatic carbocycles. The summed E-state index contributed by atoms with van der Waals surface area (Å²) in [4.78, 5) is 25.0. The topological polar surface area (TPSA) is 43.4 Å². The van der Waals surface area contributed by atoms with Crippen LogP contribution in [-0.2, 0) is 9.59 Å². The minimum atomic E-state index is -0.0847. The van der Waals surface area contributed by atoms with Gasteiger partial charge in [0.25, 0.3) is 0 Å². The monoisotopic (exact) mass is 294 g/mol. The molecule has 112 valence electrons. The van der Waals surface area contributed by atoms with Crippen molar-refractivity contribution < 1.29 is 14.3 Å². The molecule has 4 aliphatic rings. The van der Waals surface area contributed by atoms with Crippen molar-refractivity contribution >= 4 is 11.6 Å². The lowest BCUT2D eigenvalue weighted by Crippen LogP contribution is -2.37. The maximum Gasteiger partial charge on any atom is 0.147 e. The van der Waals surface area contributed by atoms with Gasteiger partial charge in [-0.15, -0.1) is 0 Å². The summed E-state index contributed by atoms with van der Waals surface area (Å²) in [6.07, 6.45) is 4.80. The fourth-order valence-corrected chi connectivity index (χ4v) is 5.45. The van der Waals surface area contributed by atoms with E-state index in [2.05, 4.69) is 0 Å². The number of fused-ring (bicyclic) bond motifs is 9. The van der Waals surface area contributed by atoms with Crippen molar-refractivity contribution in [1.29, 1.82) is 0 Å². The van der Waals surface area contributed by atoms with E-state index in [1.54, 1.807) is 0 Å². The molecule has 4 bridgehead atoms. The standard InChI is InChI=1S/C19H18O3/c1-9-4-2-3-5-13(9)22-14-8-12-15-10-6-7-11(18(10)20)16(15)17(14)19(12)21/h2-7,10-12,14-17H,8H2,1H3. The summed E-state index contributed by atoms with van der Waals surface area (Å²) >= 11 is 0. The maximum atomic E-state index is 12.7. The Morgan fingerprint density at radius 1 is 1.00 bits per heavy atom. The van der Waals surface area contributed by atoms with Gasteiger partial charge < -0.3 is 4.74 Å². The van der Waals surface area contributed by atoms with Gasteiger partial charge in [-0.1, -0.05) is 30.4 Å². The number of para-hydroxylation sites is 1. The predicted octanol–water partition coefficient (Wildman–Crippen LogP) is 2.58. The van der Waals surface area contributed by atoms with Crippen LogP contribution in [0.15, 0.2) is 36.4 Å². The van der Waals surface area contributed by atoms with Crippen LogP contribution < -0.4 is 4.74 Å². The molecule has 0 N–H and O–H groups in total. The van der Waals surface area contributed by atoms with Gasteiger partial charge in [0.05, 0.1) is 5.92 Å². The van der Waals surface area contributed by atoms with Gasteiger partial charge in [0, 0.05) is 17.8 Å². The number of benzene rings is 1. The van der Waals surface area contributed by atoms with E-state index < -0.39 is 0 Å². The molecule has 3 saturated carbocycles. The van der Waals surface area contributed by atoms with Crippen molar-refractivity contribution in [1.82, 2.24) is 0 Å². The first kappa shape index (κ1) is 12.6. The third-order valence-corrected chi connectivity index (χ3v) is 6.29. The van der Waals surface area contributed by atoms with Crippen molar-refractivity contribution in [2.24, 2.45) is 35.5 Å². The van der Waals surface area contributed by atoms with Crippen molar-refractivity contribution in [3.05, 3.63) is 42.0 Å². The average Bonchev–Trinajstić information content (AvgIpc) is 3.19. The second kappa shape index (κ2) is 4.09. The Balaban J connectivity index is 1.47. The van der Waals surface area contributed by atoms with Crippen LogP contribution in [0.5, 0.6) is 5.75 Å². The molecule has 3 heteroatoms. The zero-order chi connectivity index (χ0) is 15.0. The molecule has 0 spiro atoms. The van der Waals surface area contributed by atoms with Crippen LogP contribution in [0.25, 0.3) is 0 Å². The Kier molecular flexibility index (Phi) is 2.35. The number of aryl methyl sites for hydroxylation is 1. The first-order chi connectivity index (χ1) is 10.7. The number of Topliss-reactive ketones (excluding diaryl/α,β-unsaturated/α-hetero) is 2. The summed E-state index contributed by atoms with van der Waals surface area (Å²) in [5.41, 5.74) is 1.10. The van der Waals surface area contributed by atoms with Crippen molar-refractivity contribution in [2.45, 2.75) is 19.4 Å². The van der Waals surface area contributed by atoms with E-state index in [-0.39, 0.29) is 41.6 Å². The number of carbonyl (C=O) groups is 2. The lowest BCUT2D eigenvalue weighted by Gasteiger charge is -2.34. The fourth-order valence-electron chi connectivity index (χ4n) is 5.45. The summed E-state index contributed by atoms with van der Waals surface area (Å²) in [7, 11) is 0. The Labute approximate surface area is 129 Å². The van der Waals surface area contributed by atoms with E-state index in [0.717, 1.165) is 17.7 Å². The van der Waals surface area contributed by atoms with Gasteiger partial charge in [0.2, 0.25) is 0 Å². The minimum absolute atomic E-state index is 0.00774. The van der Waals surface area contributed by atoms with Gasteiger partial charge in [-0.25, -0.2) is 0 Å². The first-order valence-electron chi connectivity index (χ1n) is 8.15. The number of rotatable bonds is 2. The largest absolute Gasteiger partial charge is 0.489 e. The number of ketones is 2. The fraction of sp³-hybridized carbons (Fsp3) is 0.474. The summed E-state index contributed by atoms with van der Waals surface area (Å²) in [6.45, 7) is 2.02. The number of ether oxygens (including phenoxy) is 1. The van der Waals surface area contributed by atoms with E-state index in [1.807, 2.05) is 43.3 Å². The lowest BCUT2D eigenvalue weighted by molar-refractivity contribution is -0.125. The van der Waals surface area contributed by atoms with Crippen molar-refractivity contribution in [2.75, 3.05) is 0 Å². The van der Waals surface area contributed by atoms with Gasteiger partial charge in [-0.3, -0.25) is 9.59 Å². The van der Waals surface area contributed by atoms with Gasteiger partial charge in [0.1, 0.15) is 23.4 Å². The van der Waals surface area contributed by atoms with E-state index in [1.165, 1.54) is 0 Å². The molecule has 7 unspecified atom stereocenters. The highest BCUT2D eigenvalue weighted by Crippen LogP contribution is 2.63. The minimum Gasteiger partial charge on any atom is -0.489 e. The Morgan fingerprint density at radius 3 is 2.50 bits per heavy atom. The summed E-state index contributed by atoms with van der Waals surface area (Å²) in [5.74, 6) is 1.94. The Hall–Kier alpha value is -1.90. The van der Waals surface area contributed by atoms with Crippen LogP contribution in [-0.4, -0.2) is 17.7 Å². The summed E-state index contributed by atoms with van der Waals surface area (Å²) in [5, 5.41) is 0. The molecule has 0 heterocycles. The molecule has 0 radical (unpaired) electrons. The van der Waals surface area contributed by atoms with E-state index in [4.69, 9.17) is 4.74 Å². The molecular formula is C19H18O3. The number of carbonyl (C=O) groups excluding carboxylic acids is 2. The second-order valence-corrected chi connectivity index (χ2v) is 7.19. The van der Waals surface area contributed by atoms with Crippen LogP contribution in [0.2, 0.25) is 0 Å². The number of allylic oxidation sites excluding steroid dienone is 2. The number of hydrogen-bond acceptors (Lipinski definition) is 3. The van der Waals surface area contributed by atoms with Crippen molar-refractivity contribution in [3.8, 4) is 5.75 Å². The smallest absolute Gasteiger partial charge is 0.147 e. The molecule has 0 aliphatic heterocycles. The van der Waals surface area contributed by atoms with Crippen molar-refractivity contribution in [3.63, 3.8) is 0 Å². The third-order valence-electron chi connectivity index (χ3n) is 6.29. The SMILES string of the molecule is Cc1ccccc1OC1CC2C(=O)C1C1C3C=CC(C3=O)C21. The molecule has 0 amide bonds. The molecule has 3 nitrogen and oxygen atoms in total. The lowest BCUT2D eigenvalue weighted by atomic mass is 9.72. The molecule has 0 saturated heterocycles. The third kappa shape index (κ3) is 1.37. The van der Waals surface area contributed by atoms with Gasteiger partial charge >= 0.3 is 0 Å². The maximum absolute atomic E-state index is 12.7. The molecule has 4 aliphatic carbocycles. The van der Waals surface area contributed by atoms with Gasteiger partial charge in [-0.05, 0) is 36.8 Å². The second-order valence-electron chi connectivity index (χ2n) is 7.19. The van der Waals surface area contributed by atoms with Gasteiger partial charge in [0.15, 0.2) is 0 Å². The van der Waals surface area contributed by atoms with Crippen LogP contribution in [0.1, 0.15) is 12.0 Å². The molecule has 0 aromatic heterocycles. The molecule has 22 heavy (non-hydrogen) atoms. The highest BCUT2D eigenvalue weighted by Gasteiger charge is 2.69. The molecular weight excluding hydrogens is 276 g/mol. The van der Waals surface area contributed by atoms with Crippen LogP contribution >= 0.6 is 0 Å². The normalized spacial score (nSPS) is 44.0. The molecule has 1 aromatic rings.